The Kier molecular flexibility index (Phi) is 6.48. The average molecular weight is 491 g/mol. The molecule has 3 aromatic rings. The van der Waals surface area contributed by atoms with E-state index in [0.717, 1.165) is 16.3 Å². The van der Waals surface area contributed by atoms with E-state index >= 15 is 0 Å². The van der Waals surface area contributed by atoms with Gasteiger partial charge in [0.25, 0.3) is 0 Å². The molecule has 0 unspecified atom stereocenters. The van der Waals surface area contributed by atoms with Crippen LogP contribution in [0.25, 0.3) is 0 Å². The lowest BCUT2D eigenvalue weighted by atomic mass is 10.0. The van der Waals surface area contributed by atoms with Crippen molar-refractivity contribution in [2.45, 2.75) is 25.9 Å². The molecular weight excluding hydrogens is 471 g/mol. The molecule has 5 nitrogen and oxygen atoms in total. The third-order valence-corrected chi connectivity index (χ3v) is 6.93. The Hall–Kier alpha value is -2.19. The molecule has 1 aliphatic heterocycles. The van der Waals surface area contributed by atoms with Crippen molar-refractivity contribution in [3.8, 4) is 0 Å². The van der Waals surface area contributed by atoms with Gasteiger partial charge in [-0.15, -0.1) is 11.3 Å². The number of amides is 1. The lowest BCUT2D eigenvalue weighted by Gasteiger charge is -2.27. The predicted octanol–water partition coefficient (Wildman–Crippen LogP) is 6.22. The van der Waals surface area contributed by atoms with E-state index in [4.69, 9.17) is 35.4 Å². The maximum atomic E-state index is 12.1. The van der Waals surface area contributed by atoms with E-state index in [1.165, 1.54) is 11.3 Å². The number of nitrogens with zero attached hydrogens (tertiary/aromatic N) is 2. The average Bonchev–Trinajstić information content (AvgIpc) is 3.32. The molecule has 160 valence electrons. The molecule has 1 saturated heterocycles. The van der Waals surface area contributed by atoms with Crippen LogP contribution in [0.3, 0.4) is 0 Å². The Morgan fingerprint density at radius 3 is 2.65 bits per heavy atom. The summed E-state index contributed by atoms with van der Waals surface area (Å²) in [6.45, 7) is 3.67. The lowest BCUT2D eigenvalue weighted by molar-refractivity contribution is -0.118. The number of carbonyl (C=O) groups excluding carboxylic acids is 1. The molecule has 1 aromatic carbocycles. The van der Waals surface area contributed by atoms with Crippen LogP contribution in [0.1, 0.15) is 36.5 Å². The number of thiocarbonyl (C=S) groups is 1. The number of aromatic nitrogens is 1. The van der Waals surface area contributed by atoms with Gasteiger partial charge < -0.3 is 15.5 Å². The first-order valence-electron chi connectivity index (χ1n) is 9.71. The molecule has 0 saturated carbocycles. The monoisotopic (exact) mass is 490 g/mol. The summed E-state index contributed by atoms with van der Waals surface area (Å²) in [6, 6.07) is 14.9. The summed E-state index contributed by atoms with van der Waals surface area (Å²) in [5.74, 6) is -0.229. The number of rotatable bonds is 5. The van der Waals surface area contributed by atoms with Crippen molar-refractivity contribution in [3.05, 3.63) is 74.7 Å². The Morgan fingerprint density at radius 2 is 2.03 bits per heavy atom. The van der Waals surface area contributed by atoms with Crippen LogP contribution < -0.4 is 15.5 Å². The van der Waals surface area contributed by atoms with Gasteiger partial charge in [0, 0.05) is 22.7 Å². The summed E-state index contributed by atoms with van der Waals surface area (Å²) in [5.41, 5.74) is 2.27. The SMILES string of the molecule is CC(C)C(=O)Nc1ccc(N2C(=S)N[C@@H](c3ccccn3)[C@@H]2c2ccc(Cl)s2)cc1Cl. The van der Waals surface area contributed by atoms with Gasteiger partial charge in [0.2, 0.25) is 5.91 Å². The smallest absolute Gasteiger partial charge is 0.226 e. The highest BCUT2D eigenvalue weighted by Gasteiger charge is 2.41. The van der Waals surface area contributed by atoms with Crippen molar-refractivity contribution >= 4 is 69.2 Å². The highest BCUT2D eigenvalue weighted by atomic mass is 35.5. The van der Waals surface area contributed by atoms with Gasteiger partial charge in [-0.25, -0.2) is 0 Å². The van der Waals surface area contributed by atoms with Crippen molar-refractivity contribution in [1.82, 2.24) is 10.3 Å². The first-order valence-corrected chi connectivity index (χ1v) is 11.7. The van der Waals surface area contributed by atoms with Gasteiger partial charge in [0.05, 0.1) is 32.8 Å². The molecule has 3 heterocycles. The van der Waals surface area contributed by atoms with Gasteiger partial charge in [-0.2, -0.15) is 0 Å². The number of hydrogen-bond acceptors (Lipinski definition) is 4. The first kappa shape index (κ1) is 22.0. The van der Waals surface area contributed by atoms with E-state index in [0.29, 0.717) is 20.2 Å². The quantitative estimate of drug-likeness (QED) is 0.415. The van der Waals surface area contributed by atoms with Crippen molar-refractivity contribution < 1.29 is 4.79 Å². The number of carbonyl (C=O) groups is 1. The van der Waals surface area contributed by atoms with E-state index in [9.17, 15) is 4.79 Å². The van der Waals surface area contributed by atoms with E-state index < -0.39 is 0 Å². The maximum Gasteiger partial charge on any atom is 0.226 e. The fraction of sp³-hybridized carbons (Fsp3) is 0.227. The minimum absolute atomic E-state index is 0.0886. The molecule has 0 aliphatic carbocycles. The zero-order valence-electron chi connectivity index (χ0n) is 16.8. The zero-order valence-corrected chi connectivity index (χ0v) is 19.9. The minimum atomic E-state index is -0.150. The molecule has 1 aliphatic rings. The highest BCUT2D eigenvalue weighted by molar-refractivity contribution is 7.80. The number of nitrogens with one attached hydrogen (secondary N) is 2. The summed E-state index contributed by atoms with van der Waals surface area (Å²) < 4.78 is 0.706. The second kappa shape index (κ2) is 9.12. The molecule has 2 aromatic heterocycles. The molecule has 1 amide bonds. The highest BCUT2D eigenvalue weighted by Crippen LogP contribution is 2.45. The van der Waals surface area contributed by atoms with Gasteiger partial charge >= 0.3 is 0 Å². The Morgan fingerprint density at radius 1 is 1.23 bits per heavy atom. The van der Waals surface area contributed by atoms with E-state index in [2.05, 4.69) is 15.6 Å². The molecule has 1 fully saturated rings. The second-order valence-corrected chi connectivity index (χ2v) is 9.99. The second-order valence-electron chi connectivity index (χ2n) is 7.45. The fourth-order valence-electron chi connectivity index (χ4n) is 3.44. The van der Waals surface area contributed by atoms with Crippen LogP contribution in [0.15, 0.2) is 54.7 Å². The van der Waals surface area contributed by atoms with Crippen molar-refractivity contribution in [1.29, 1.82) is 0 Å². The summed E-state index contributed by atoms with van der Waals surface area (Å²) in [7, 11) is 0. The van der Waals surface area contributed by atoms with Gasteiger partial charge in [0.1, 0.15) is 0 Å². The number of benzene rings is 1. The Labute approximate surface area is 200 Å². The first-order chi connectivity index (χ1) is 14.8. The summed E-state index contributed by atoms with van der Waals surface area (Å²) >= 11 is 20.0. The van der Waals surface area contributed by atoms with Crippen molar-refractivity contribution in [2.75, 3.05) is 10.2 Å². The van der Waals surface area contributed by atoms with E-state index in [-0.39, 0.29) is 23.9 Å². The van der Waals surface area contributed by atoms with Crippen LogP contribution >= 0.6 is 46.8 Å². The number of pyridine rings is 1. The molecule has 2 atom stereocenters. The van der Waals surface area contributed by atoms with Gasteiger partial charge in [-0.05, 0) is 54.7 Å². The number of halogens is 2. The van der Waals surface area contributed by atoms with Crippen LogP contribution in [-0.2, 0) is 4.79 Å². The Balaban J connectivity index is 1.73. The number of thiophene rings is 1. The standard InChI is InChI=1S/C22H20Cl2N4OS2/c1-12(2)21(29)26-15-7-6-13(11-14(15)23)28-20(17-8-9-18(24)31-17)19(27-22(28)30)16-5-3-4-10-25-16/h3-12,19-20H,1-2H3,(H,26,29)(H,27,30)/t19-,20-/m0/s1. The van der Waals surface area contributed by atoms with Crippen molar-refractivity contribution in [3.63, 3.8) is 0 Å². The fourth-order valence-corrected chi connectivity index (χ4v) is 5.20. The molecule has 0 bridgehead atoms. The van der Waals surface area contributed by atoms with Crippen LogP contribution in [0.4, 0.5) is 11.4 Å². The Bertz CT molecular complexity index is 1120. The van der Waals surface area contributed by atoms with E-state index in [1.807, 2.05) is 61.2 Å². The number of anilines is 2. The third-order valence-electron chi connectivity index (χ3n) is 5.00. The van der Waals surface area contributed by atoms with Gasteiger partial charge in [-0.3, -0.25) is 9.78 Å². The molecule has 4 rings (SSSR count). The van der Waals surface area contributed by atoms with Crippen molar-refractivity contribution in [2.24, 2.45) is 5.92 Å². The molecule has 2 N–H and O–H groups in total. The van der Waals surface area contributed by atoms with E-state index in [1.54, 1.807) is 12.3 Å². The maximum absolute atomic E-state index is 12.1. The lowest BCUT2D eigenvalue weighted by Crippen LogP contribution is -2.29. The summed E-state index contributed by atoms with van der Waals surface area (Å²) in [5, 5.41) is 7.27. The topological polar surface area (TPSA) is 57.3 Å². The molecule has 0 radical (unpaired) electrons. The molecular formula is C22H20Cl2N4OS2. The molecule has 0 spiro atoms. The normalized spacial score (nSPS) is 18.4. The minimum Gasteiger partial charge on any atom is -0.351 e. The summed E-state index contributed by atoms with van der Waals surface area (Å²) in [4.78, 5) is 19.7. The largest absolute Gasteiger partial charge is 0.351 e. The van der Waals surface area contributed by atoms with Crippen LogP contribution in [-0.4, -0.2) is 16.0 Å². The predicted molar refractivity (Wildman–Crippen MR) is 132 cm³/mol. The third kappa shape index (κ3) is 4.55. The molecule has 9 heteroatoms. The zero-order chi connectivity index (χ0) is 22.1. The van der Waals surface area contributed by atoms with Crippen LogP contribution in [0, 0.1) is 5.92 Å². The van der Waals surface area contributed by atoms with Crippen LogP contribution in [0.2, 0.25) is 9.36 Å². The summed E-state index contributed by atoms with van der Waals surface area (Å²) in [6.07, 6.45) is 1.77. The van der Waals surface area contributed by atoms with Crippen LogP contribution in [0.5, 0.6) is 0 Å². The van der Waals surface area contributed by atoms with Gasteiger partial charge in [-0.1, -0.05) is 43.1 Å². The van der Waals surface area contributed by atoms with Gasteiger partial charge in [0.15, 0.2) is 5.11 Å². The molecule has 31 heavy (non-hydrogen) atoms. The number of hydrogen-bond donors (Lipinski definition) is 2.